The largest absolute Gasteiger partial charge is 0.392 e. The van der Waals surface area contributed by atoms with Gasteiger partial charge in [0.2, 0.25) is 5.91 Å². The minimum atomic E-state index is -0.613. The summed E-state index contributed by atoms with van der Waals surface area (Å²) >= 11 is 5.75. The fraction of sp³-hybridized carbons (Fsp3) is 0.333. The molecule has 0 radical (unpaired) electrons. The predicted molar refractivity (Wildman–Crippen MR) is 68.5 cm³/mol. The number of rotatable bonds is 5. The summed E-state index contributed by atoms with van der Waals surface area (Å²) in [6.45, 7) is 1.58. The summed E-state index contributed by atoms with van der Waals surface area (Å²) in [6.07, 6.45) is -0.613. The van der Waals surface area contributed by atoms with Gasteiger partial charge in [-0.05, 0) is 25.1 Å². The van der Waals surface area contributed by atoms with Gasteiger partial charge in [0.15, 0.2) is 0 Å². The summed E-state index contributed by atoms with van der Waals surface area (Å²) < 4.78 is 0. The Labute approximate surface area is 110 Å². The molecule has 0 unspecified atom stereocenters. The van der Waals surface area contributed by atoms with E-state index in [2.05, 4.69) is 10.6 Å². The van der Waals surface area contributed by atoms with Gasteiger partial charge in [0.05, 0.1) is 12.6 Å². The number of aliphatic hydroxyl groups excluding tert-OH is 1. The van der Waals surface area contributed by atoms with Crippen LogP contribution in [0.1, 0.15) is 17.3 Å². The van der Waals surface area contributed by atoms with Crippen molar-refractivity contribution in [1.29, 1.82) is 0 Å². The first-order valence-electron chi connectivity index (χ1n) is 5.47. The second-order valence-electron chi connectivity index (χ2n) is 3.85. The molecule has 0 aliphatic heterocycles. The number of carbonyl (C=O) groups is 2. The zero-order valence-corrected chi connectivity index (χ0v) is 10.7. The Morgan fingerprint density at radius 1 is 1.39 bits per heavy atom. The van der Waals surface area contributed by atoms with E-state index in [9.17, 15) is 9.59 Å². The number of halogens is 1. The summed E-state index contributed by atoms with van der Waals surface area (Å²) in [5.41, 5.74) is 0.394. The molecule has 0 aliphatic rings. The number of hydrogen-bond donors (Lipinski definition) is 3. The topological polar surface area (TPSA) is 78.4 Å². The summed E-state index contributed by atoms with van der Waals surface area (Å²) in [6, 6.07) is 6.44. The maximum absolute atomic E-state index is 11.6. The Kier molecular flexibility index (Phi) is 5.61. The van der Waals surface area contributed by atoms with Crippen molar-refractivity contribution in [2.75, 3.05) is 13.1 Å². The maximum Gasteiger partial charge on any atom is 0.251 e. The molecular formula is C12H15ClN2O3. The molecule has 6 heteroatoms. The molecule has 0 heterocycles. The lowest BCUT2D eigenvalue weighted by Crippen LogP contribution is -2.39. The first kappa shape index (κ1) is 14.5. The molecule has 2 amide bonds. The molecule has 0 aromatic heterocycles. The zero-order valence-electron chi connectivity index (χ0n) is 9.94. The Balaban J connectivity index is 2.39. The Morgan fingerprint density at radius 3 is 2.72 bits per heavy atom. The highest BCUT2D eigenvalue weighted by Gasteiger charge is 2.08. The predicted octanol–water partition coefficient (Wildman–Crippen LogP) is 0.567. The molecule has 1 aromatic rings. The SMILES string of the molecule is C[C@H](O)CNC(=O)CNC(=O)c1cccc(Cl)c1. The molecule has 3 N–H and O–H groups in total. The van der Waals surface area contributed by atoms with E-state index in [4.69, 9.17) is 16.7 Å². The molecule has 1 atom stereocenters. The molecule has 0 bridgehead atoms. The van der Waals surface area contributed by atoms with Crippen LogP contribution in [0.2, 0.25) is 5.02 Å². The van der Waals surface area contributed by atoms with Crippen LogP contribution in [0.5, 0.6) is 0 Å². The monoisotopic (exact) mass is 270 g/mol. The highest BCUT2D eigenvalue weighted by molar-refractivity contribution is 6.30. The van der Waals surface area contributed by atoms with Gasteiger partial charge in [-0.15, -0.1) is 0 Å². The van der Waals surface area contributed by atoms with Crippen LogP contribution in [-0.4, -0.2) is 36.1 Å². The third-order valence-electron chi connectivity index (χ3n) is 2.09. The van der Waals surface area contributed by atoms with E-state index >= 15 is 0 Å². The van der Waals surface area contributed by atoms with Gasteiger partial charge in [0.25, 0.3) is 5.91 Å². The van der Waals surface area contributed by atoms with E-state index in [0.29, 0.717) is 10.6 Å². The van der Waals surface area contributed by atoms with Crippen LogP contribution in [0, 0.1) is 0 Å². The van der Waals surface area contributed by atoms with Crippen LogP contribution in [-0.2, 0) is 4.79 Å². The standard InChI is InChI=1S/C12H15ClN2O3/c1-8(16)6-14-11(17)7-15-12(18)9-3-2-4-10(13)5-9/h2-5,8,16H,6-7H2,1H3,(H,14,17)(H,15,18)/t8-/m0/s1. The number of hydrogen-bond acceptors (Lipinski definition) is 3. The van der Waals surface area contributed by atoms with Crippen molar-refractivity contribution in [1.82, 2.24) is 10.6 Å². The molecule has 5 nitrogen and oxygen atoms in total. The summed E-state index contributed by atoms with van der Waals surface area (Å²) in [5.74, 6) is -0.726. The average molecular weight is 271 g/mol. The lowest BCUT2D eigenvalue weighted by molar-refractivity contribution is -0.120. The van der Waals surface area contributed by atoms with Crippen molar-refractivity contribution in [2.24, 2.45) is 0 Å². The molecule has 0 spiro atoms. The van der Waals surface area contributed by atoms with Crippen molar-refractivity contribution < 1.29 is 14.7 Å². The van der Waals surface area contributed by atoms with E-state index in [-0.39, 0.29) is 24.9 Å². The zero-order chi connectivity index (χ0) is 13.5. The molecule has 0 fully saturated rings. The van der Waals surface area contributed by atoms with Gasteiger partial charge >= 0.3 is 0 Å². The first-order chi connectivity index (χ1) is 8.49. The smallest absolute Gasteiger partial charge is 0.251 e. The molecule has 98 valence electrons. The Bertz CT molecular complexity index is 435. The average Bonchev–Trinajstić information content (AvgIpc) is 2.33. The molecule has 0 aliphatic carbocycles. The Hall–Kier alpha value is -1.59. The van der Waals surface area contributed by atoms with Crippen molar-refractivity contribution >= 4 is 23.4 Å². The summed E-state index contributed by atoms with van der Waals surface area (Å²) in [5, 5.41) is 14.4. The number of nitrogens with one attached hydrogen (secondary N) is 2. The maximum atomic E-state index is 11.6. The normalized spacial score (nSPS) is 11.7. The molecule has 18 heavy (non-hydrogen) atoms. The van der Waals surface area contributed by atoms with E-state index in [1.807, 2.05) is 0 Å². The van der Waals surface area contributed by atoms with Gasteiger partial charge in [0, 0.05) is 17.1 Å². The minimum Gasteiger partial charge on any atom is -0.392 e. The van der Waals surface area contributed by atoms with Gasteiger partial charge < -0.3 is 15.7 Å². The third-order valence-corrected chi connectivity index (χ3v) is 2.33. The molecular weight excluding hydrogens is 256 g/mol. The van der Waals surface area contributed by atoms with Gasteiger partial charge in [-0.25, -0.2) is 0 Å². The second kappa shape index (κ2) is 6.98. The highest BCUT2D eigenvalue weighted by atomic mass is 35.5. The molecule has 0 saturated carbocycles. The van der Waals surface area contributed by atoms with Gasteiger partial charge in [-0.2, -0.15) is 0 Å². The van der Waals surface area contributed by atoms with Crippen molar-refractivity contribution in [3.63, 3.8) is 0 Å². The molecule has 1 rings (SSSR count). The van der Waals surface area contributed by atoms with E-state index in [1.54, 1.807) is 25.1 Å². The fourth-order valence-corrected chi connectivity index (χ4v) is 1.41. The lowest BCUT2D eigenvalue weighted by Gasteiger charge is -2.08. The van der Waals surface area contributed by atoms with Gasteiger partial charge in [-0.1, -0.05) is 17.7 Å². The van der Waals surface area contributed by atoms with E-state index in [0.717, 1.165) is 0 Å². The lowest BCUT2D eigenvalue weighted by atomic mass is 10.2. The number of benzene rings is 1. The third kappa shape index (κ3) is 5.16. The quantitative estimate of drug-likeness (QED) is 0.732. The van der Waals surface area contributed by atoms with Crippen LogP contribution in [0.4, 0.5) is 0 Å². The van der Waals surface area contributed by atoms with E-state index in [1.165, 1.54) is 6.07 Å². The Morgan fingerprint density at radius 2 is 2.11 bits per heavy atom. The summed E-state index contributed by atoms with van der Waals surface area (Å²) in [4.78, 5) is 22.9. The second-order valence-corrected chi connectivity index (χ2v) is 4.28. The number of carbonyl (C=O) groups excluding carboxylic acids is 2. The fourth-order valence-electron chi connectivity index (χ4n) is 1.22. The van der Waals surface area contributed by atoms with Crippen molar-refractivity contribution in [3.05, 3.63) is 34.9 Å². The first-order valence-corrected chi connectivity index (χ1v) is 5.85. The van der Waals surface area contributed by atoms with Crippen LogP contribution in [0.25, 0.3) is 0 Å². The molecule has 0 saturated heterocycles. The van der Waals surface area contributed by atoms with Crippen LogP contribution < -0.4 is 10.6 Å². The van der Waals surface area contributed by atoms with Crippen LogP contribution in [0.15, 0.2) is 24.3 Å². The number of amides is 2. The van der Waals surface area contributed by atoms with Crippen molar-refractivity contribution in [2.45, 2.75) is 13.0 Å². The van der Waals surface area contributed by atoms with E-state index < -0.39 is 6.10 Å². The van der Waals surface area contributed by atoms with Crippen LogP contribution in [0.3, 0.4) is 0 Å². The van der Waals surface area contributed by atoms with Crippen LogP contribution >= 0.6 is 11.6 Å². The van der Waals surface area contributed by atoms with Crippen molar-refractivity contribution in [3.8, 4) is 0 Å². The minimum absolute atomic E-state index is 0.141. The summed E-state index contributed by atoms with van der Waals surface area (Å²) in [7, 11) is 0. The highest BCUT2D eigenvalue weighted by Crippen LogP contribution is 2.10. The van der Waals surface area contributed by atoms with Gasteiger partial charge in [0.1, 0.15) is 0 Å². The number of aliphatic hydroxyl groups is 1. The van der Waals surface area contributed by atoms with Gasteiger partial charge in [-0.3, -0.25) is 9.59 Å². The molecule has 1 aromatic carbocycles.